The molecule has 33 heavy (non-hydrogen) atoms. The Hall–Kier alpha value is -3.40. The summed E-state index contributed by atoms with van der Waals surface area (Å²) in [5.41, 5.74) is 2.09. The second-order valence-electron chi connectivity index (χ2n) is 8.22. The lowest BCUT2D eigenvalue weighted by atomic mass is 10.0. The van der Waals surface area contributed by atoms with E-state index in [1.807, 2.05) is 12.1 Å². The number of sulfonamides is 1. The van der Waals surface area contributed by atoms with Crippen LogP contribution in [0.15, 0.2) is 47.0 Å². The predicted molar refractivity (Wildman–Crippen MR) is 123 cm³/mol. The molecule has 1 unspecified atom stereocenters. The molecule has 1 aliphatic heterocycles. The van der Waals surface area contributed by atoms with Gasteiger partial charge >= 0.3 is 5.97 Å². The normalized spacial score (nSPS) is 16.6. The molecule has 2 N–H and O–H groups in total. The van der Waals surface area contributed by atoms with Crippen LogP contribution in [0.4, 0.5) is 15.8 Å². The maximum absolute atomic E-state index is 14.1. The molecule has 0 amide bonds. The fraction of sp³-hybridized carbons (Fsp3) is 0.304. The van der Waals surface area contributed by atoms with Gasteiger partial charge in [0.1, 0.15) is 11.5 Å². The van der Waals surface area contributed by atoms with E-state index < -0.39 is 27.4 Å². The van der Waals surface area contributed by atoms with E-state index in [9.17, 15) is 17.6 Å². The summed E-state index contributed by atoms with van der Waals surface area (Å²) in [6.07, 6.45) is 4.31. The summed E-state index contributed by atoms with van der Waals surface area (Å²) in [4.78, 5) is 13.2. The summed E-state index contributed by atoms with van der Waals surface area (Å²) in [5.74, 6) is -1.86. The van der Waals surface area contributed by atoms with Gasteiger partial charge in [-0.3, -0.25) is 4.72 Å². The molecule has 0 spiro atoms. The van der Waals surface area contributed by atoms with E-state index in [1.54, 1.807) is 12.1 Å². The van der Waals surface area contributed by atoms with Crippen LogP contribution in [0.25, 0.3) is 22.6 Å². The van der Waals surface area contributed by atoms with E-state index in [4.69, 9.17) is 9.63 Å². The zero-order valence-corrected chi connectivity index (χ0v) is 19.0. The molecule has 0 aliphatic carbocycles. The number of aromatic carboxylic acids is 1. The molecule has 10 heteroatoms. The van der Waals surface area contributed by atoms with Crippen molar-refractivity contribution in [1.29, 1.82) is 0 Å². The standard InChI is InChI=1S/C23H24FN3O5S/c1-14-5-3-4-10-27(14)21-9-7-16(12-20(21)26-33(2,30)31)22-13-19(25-32-22)15-6-8-17(23(28)29)18(24)11-15/h6-9,11-14,26H,3-5,10H2,1-2H3,(H,28,29). The number of aromatic nitrogens is 1. The third-order valence-electron chi connectivity index (χ3n) is 5.69. The Labute approximate surface area is 191 Å². The molecule has 4 rings (SSSR count). The van der Waals surface area contributed by atoms with Crippen molar-refractivity contribution in [3.63, 3.8) is 0 Å². The quantitative estimate of drug-likeness (QED) is 0.538. The number of nitrogens with zero attached hydrogens (tertiary/aromatic N) is 2. The first-order valence-electron chi connectivity index (χ1n) is 10.5. The van der Waals surface area contributed by atoms with Crippen LogP contribution in [-0.2, 0) is 10.0 Å². The number of piperidine rings is 1. The van der Waals surface area contributed by atoms with Gasteiger partial charge in [0.05, 0.1) is 23.2 Å². The Morgan fingerprint density at radius 1 is 1.18 bits per heavy atom. The van der Waals surface area contributed by atoms with Crippen molar-refractivity contribution in [2.24, 2.45) is 0 Å². The van der Waals surface area contributed by atoms with Gasteiger partial charge in [0.2, 0.25) is 10.0 Å². The molecule has 1 atom stereocenters. The van der Waals surface area contributed by atoms with E-state index in [-0.39, 0.29) is 6.04 Å². The highest BCUT2D eigenvalue weighted by Crippen LogP contribution is 2.36. The number of hydrogen-bond donors (Lipinski definition) is 2. The van der Waals surface area contributed by atoms with Crippen LogP contribution >= 0.6 is 0 Å². The van der Waals surface area contributed by atoms with E-state index in [2.05, 4.69) is 21.7 Å². The monoisotopic (exact) mass is 473 g/mol. The lowest BCUT2D eigenvalue weighted by Gasteiger charge is -2.36. The second kappa shape index (κ2) is 8.86. The minimum atomic E-state index is -3.52. The van der Waals surface area contributed by atoms with Gasteiger partial charge in [-0.2, -0.15) is 0 Å². The topological polar surface area (TPSA) is 113 Å². The van der Waals surface area contributed by atoms with Gasteiger partial charge in [0, 0.05) is 29.8 Å². The van der Waals surface area contributed by atoms with Crippen LogP contribution in [0.2, 0.25) is 0 Å². The molecule has 1 aromatic heterocycles. The molecule has 2 aromatic carbocycles. The molecule has 3 aromatic rings. The average Bonchev–Trinajstić information content (AvgIpc) is 3.23. The number of anilines is 2. The van der Waals surface area contributed by atoms with Crippen molar-refractivity contribution in [3.05, 3.63) is 53.8 Å². The van der Waals surface area contributed by atoms with Crippen molar-refractivity contribution in [3.8, 4) is 22.6 Å². The zero-order valence-electron chi connectivity index (χ0n) is 18.2. The van der Waals surface area contributed by atoms with Crippen LogP contribution in [0, 0.1) is 5.82 Å². The molecule has 2 heterocycles. The van der Waals surface area contributed by atoms with Gasteiger partial charge in [-0.25, -0.2) is 17.6 Å². The molecular formula is C23H24FN3O5S. The number of halogens is 1. The summed E-state index contributed by atoms with van der Waals surface area (Å²) < 4.78 is 46.1. The van der Waals surface area contributed by atoms with Gasteiger partial charge < -0.3 is 14.5 Å². The number of carbonyl (C=O) groups is 1. The Kier molecular flexibility index (Phi) is 6.11. The Balaban J connectivity index is 1.70. The Morgan fingerprint density at radius 2 is 1.94 bits per heavy atom. The number of carboxylic acid groups (broad SMARTS) is 1. The first-order chi connectivity index (χ1) is 15.6. The van der Waals surface area contributed by atoms with Crippen molar-refractivity contribution >= 4 is 27.4 Å². The lowest BCUT2D eigenvalue weighted by molar-refractivity contribution is 0.0692. The summed E-state index contributed by atoms with van der Waals surface area (Å²) in [5, 5.41) is 13.0. The van der Waals surface area contributed by atoms with E-state index >= 15 is 0 Å². The molecule has 0 bridgehead atoms. The fourth-order valence-corrected chi connectivity index (χ4v) is 4.64. The average molecular weight is 474 g/mol. The Morgan fingerprint density at radius 3 is 2.61 bits per heavy atom. The number of rotatable bonds is 6. The maximum Gasteiger partial charge on any atom is 0.338 e. The van der Waals surface area contributed by atoms with Crippen LogP contribution < -0.4 is 9.62 Å². The highest BCUT2D eigenvalue weighted by molar-refractivity contribution is 7.92. The second-order valence-corrected chi connectivity index (χ2v) is 9.97. The molecule has 8 nitrogen and oxygen atoms in total. The van der Waals surface area contributed by atoms with E-state index in [0.29, 0.717) is 28.3 Å². The molecule has 1 saturated heterocycles. The SMILES string of the molecule is CC1CCCCN1c1ccc(-c2cc(-c3ccc(C(=O)O)c(F)c3)no2)cc1NS(C)(=O)=O. The largest absolute Gasteiger partial charge is 0.478 e. The van der Waals surface area contributed by atoms with Crippen molar-refractivity contribution < 1.29 is 27.2 Å². The first-order valence-corrected chi connectivity index (χ1v) is 12.4. The molecule has 0 saturated carbocycles. The highest BCUT2D eigenvalue weighted by atomic mass is 32.2. The van der Waals surface area contributed by atoms with Crippen LogP contribution in [0.1, 0.15) is 36.5 Å². The van der Waals surface area contributed by atoms with Gasteiger partial charge in [-0.1, -0.05) is 11.2 Å². The first kappa shape index (κ1) is 22.8. The van der Waals surface area contributed by atoms with Gasteiger partial charge in [-0.05, 0) is 56.5 Å². The molecule has 174 valence electrons. The summed E-state index contributed by atoms with van der Waals surface area (Å²) in [6.45, 7) is 2.96. The molecule has 1 aliphatic rings. The van der Waals surface area contributed by atoms with Gasteiger partial charge in [0.25, 0.3) is 0 Å². The highest BCUT2D eigenvalue weighted by Gasteiger charge is 2.23. The van der Waals surface area contributed by atoms with Crippen molar-refractivity contribution in [2.45, 2.75) is 32.2 Å². The summed E-state index contributed by atoms with van der Waals surface area (Å²) >= 11 is 0. The van der Waals surface area contributed by atoms with Gasteiger partial charge in [-0.15, -0.1) is 0 Å². The summed E-state index contributed by atoms with van der Waals surface area (Å²) in [6, 6.07) is 11.0. The predicted octanol–water partition coefficient (Wildman–Crippen LogP) is 4.60. The Bertz CT molecular complexity index is 1310. The maximum atomic E-state index is 14.1. The van der Waals surface area contributed by atoms with E-state index in [1.165, 1.54) is 12.1 Å². The zero-order chi connectivity index (χ0) is 23.8. The fourth-order valence-electron chi connectivity index (χ4n) is 4.07. The molecule has 1 fully saturated rings. The summed E-state index contributed by atoms with van der Waals surface area (Å²) in [7, 11) is -3.52. The van der Waals surface area contributed by atoms with Crippen molar-refractivity contribution in [2.75, 3.05) is 22.4 Å². The number of carboxylic acids is 1. The number of nitrogens with one attached hydrogen (secondary N) is 1. The van der Waals surface area contributed by atoms with E-state index in [0.717, 1.165) is 43.8 Å². The third-order valence-corrected chi connectivity index (χ3v) is 6.28. The van der Waals surface area contributed by atoms with Gasteiger partial charge in [0.15, 0.2) is 5.76 Å². The smallest absolute Gasteiger partial charge is 0.338 e. The van der Waals surface area contributed by atoms with Crippen LogP contribution in [0.3, 0.4) is 0 Å². The third kappa shape index (κ3) is 5.00. The minimum absolute atomic E-state index is 0.283. The van der Waals surface area contributed by atoms with Crippen LogP contribution in [-0.4, -0.2) is 43.5 Å². The number of benzene rings is 2. The van der Waals surface area contributed by atoms with Crippen LogP contribution in [0.5, 0.6) is 0 Å². The lowest BCUT2D eigenvalue weighted by Crippen LogP contribution is -2.38. The molecular weight excluding hydrogens is 449 g/mol. The minimum Gasteiger partial charge on any atom is -0.478 e. The number of hydrogen-bond acceptors (Lipinski definition) is 6. The van der Waals surface area contributed by atoms with Crippen molar-refractivity contribution in [1.82, 2.24) is 5.16 Å². The molecule has 0 radical (unpaired) electrons.